The molecule has 1 amide bonds. The van der Waals surface area contributed by atoms with Gasteiger partial charge in [-0.3, -0.25) is 4.79 Å². The number of esters is 1. The molecule has 1 rings (SSSR count). The fourth-order valence-corrected chi connectivity index (χ4v) is 0.954. The maximum absolute atomic E-state index is 11.2. The molecule has 0 aliphatic carbocycles. The highest BCUT2D eigenvalue weighted by Gasteiger charge is 2.22. The van der Waals surface area contributed by atoms with Crippen LogP contribution in [0.5, 0.6) is 0 Å². The van der Waals surface area contributed by atoms with Crippen LogP contribution in [0.15, 0.2) is 11.4 Å². The minimum absolute atomic E-state index is 0.0694. The lowest BCUT2D eigenvalue weighted by molar-refractivity contribution is -0.138. The van der Waals surface area contributed by atoms with Crippen molar-refractivity contribution in [2.75, 3.05) is 13.2 Å². The lowest BCUT2D eigenvalue weighted by Crippen LogP contribution is -2.20. The number of carbonyl (C=O) groups is 2. The third-order valence-corrected chi connectivity index (χ3v) is 1.53. The Morgan fingerprint density at radius 2 is 2.43 bits per heavy atom. The van der Waals surface area contributed by atoms with Crippen LogP contribution in [-0.4, -0.2) is 25.0 Å². The van der Waals surface area contributed by atoms with Crippen LogP contribution in [-0.2, 0) is 14.3 Å². The molecule has 2 N–H and O–H groups in total. The molecule has 1 heterocycles. The predicted octanol–water partition coefficient (Wildman–Crippen LogP) is -0.996. The van der Waals surface area contributed by atoms with Gasteiger partial charge in [0.2, 0.25) is 5.91 Å². The molecular weight excluding hydrogens is 186 g/mol. The first-order chi connectivity index (χ1) is 6.69. The van der Waals surface area contributed by atoms with E-state index >= 15 is 0 Å². The van der Waals surface area contributed by atoms with Crippen molar-refractivity contribution >= 4 is 11.9 Å². The Kier molecular flexibility index (Phi) is 3.07. The summed E-state index contributed by atoms with van der Waals surface area (Å²) in [6.45, 7) is 1.89. The number of amides is 1. The lowest BCUT2D eigenvalue weighted by atomic mass is 10.3. The van der Waals surface area contributed by atoms with Crippen LogP contribution < -0.4 is 10.6 Å². The standard InChI is InChI=1S/C8H9N3O3/c1-2-14-8(13)5(3-9)7-10-4-6(12)11-7/h10H,2,4H2,1H3,(H,11,12)/b7-5-. The molecule has 0 atom stereocenters. The number of nitrogens with zero attached hydrogens (tertiary/aromatic N) is 1. The zero-order chi connectivity index (χ0) is 10.6. The van der Waals surface area contributed by atoms with Gasteiger partial charge in [-0.15, -0.1) is 0 Å². The van der Waals surface area contributed by atoms with Gasteiger partial charge in [-0.05, 0) is 6.92 Å². The van der Waals surface area contributed by atoms with E-state index in [0.29, 0.717) is 0 Å². The summed E-state index contributed by atoms with van der Waals surface area (Å²) < 4.78 is 4.63. The van der Waals surface area contributed by atoms with Crippen LogP contribution in [0.3, 0.4) is 0 Å². The molecule has 0 radical (unpaired) electrons. The molecule has 0 spiro atoms. The van der Waals surface area contributed by atoms with Gasteiger partial charge in [0, 0.05) is 0 Å². The van der Waals surface area contributed by atoms with Crippen molar-refractivity contribution in [2.24, 2.45) is 0 Å². The Labute approximate surface area is 80.5 Å². The van der Waals surface area contributed by atoms with Crippen molar-refractivity contribution < 1.29 is 14.3 Å². The van der Waals surface area contributed by atoms with Crippen molar-refractivity contribution in [1.29, 1.82) is 5.26 Å². The second kappa shape index (κ2) is 4.28. The molecule has 0 bridgehead atoms. The number of hydrogen-bond donors (Lipinski definition) is 2. The van der Waals surface area contributed by atoms with E-state index in [1.54, 1.807) is 13.0 Å². The highest BCUT2D eigenvalue weighted by Crippen LogP contribution is 2.03. The normalized spacial score (nSPS) is 17.9. The summed E-state index contributed by atoms with van der Waals surface area (Å²) in [4.78, 5) is 22.0. The van der Waals surface area contributed by atoms with E-state index in [2.05, 4.69) is 15.4 Å². The highest BCUT2D eigenvalue weighted by molar-refractivity contribution is 5.95. The fourth-order valence-electron chi connectivity index (χ4n) is 0.954. The van der Waals surface area contributed by atoms with Crippen molar-refractivity contribution in [2.45, 2.75) is 6.92 Å². The highest BCUT2D eigenvalue weighted by atomic mass is 16.5. The Balaban J connectivity index is 2.86. The molecular formula is C8H9N3O3. The van der Waals surface area contributed by atoms with Gasteiger partial charge in [0.05, 0.1) is 13.2 Å². The molecule has 0 aromatic carbocycles. The van der Waals surface area contributed by atoms with E-state index in [1.165, 1.54) is 0 Å². The number of ether oxygens (including phenoxy) is 1. The average molecular weight is 195 g/mol. The van der Waals surface area contributed by atoms with Crippen molar-refractivity contribution in [3.05, 3.63) is 11.4 Å². The fraction of sp³-hybridized carbons (Fsp3) is 0.375. The Hall–Kier alpha value is -2.03. The zero-order valence-corrected chi connectivity index (χ0v) is 7.59. The molecule has 6 nitrogen and oxygen atoms in total. The number of hydrogen-bond acceptors (Lipinski definition) is 5. The third kappa shape index (κ3) is 2.01. The van der Waals surface area contributed by atoms with Crippen LogP contribution in [0, 0.1) is 11.3 Å². The lowest BCUT2D eigenvalue weighted by Gasteiger charge is -2.02. The molecule has 14 heavy (non-hydrogen) atoms. The van der Waals surface area contributed by atoms with Crippen LogP contribution in [0.25, 0.3) is 0 Å². The summed E-state index contributed by atoms with van der Waals surface area (Å²) in [5, 5.41) is 13.6. The van der Waals surface area contributed by atoms with Crippen LogP contribution in [0.2, 0.25) is 0 Å². The van der Waals surface area contributed by atoms with E-state index in [9.17, 15) is 9.59 Å². The molecule has 1 saturated heterocycles. The monoisotopic (exact) mass is 195 g/mol. The molecule has 74 valence electrons. The van der Waals surface area contributed by atoms with Gasteiger partial charge in [0.25, 0.3) is 0 Å². The number of nitriles is 1. The first kappa shape index (κ1) is 10.1. The Morgan fingerprint density at radius 1 is 1.71 bits per heavy atom. The third-order valence-electron chi connectivity index (χ3n) is 1.53. The van der Waals surface area contributed by atoms with Gasteiger partial charge in [0.1, 0.15) is 11.9 Å². The van der Waals surface area contributed by atoms with E-state index in [4.69, 9.17) is 5.26 Å². The molecule has 0 saturated carbocycles. The first-order valence-electron chi connectivity index (χ1n) is 4.04. The minimum atomic E-state index is -0.736. The Morgan fingerprint density at radius 3 is 2.86 bits per heavy atom. The summed E-state index contributed by atoms with van der Waals surface area (Å²) in [6, 6.07) is 1.68. The summed E-state index contributed by atoms with van der Waals surface area (Å²) in [5.41, 5.74) is -0.210. The van der Waals surface area contributed by atoms with Crippen molar-refractivity contribution in [3.63, 3.8) is 0 Å². The Bertz CT molecular complexity index is 340. The van der Waals surface area contributed by atoms with Gasteiger partial charge < -0.3 is 15.4 Å². The van der Waals surface area contributed by atoms with Gasteiger partial charge in [-0.1, -0.05) is 0 Å². The number of nitrogens with one attached hydrogen (secondary N) is 2. The smallest absolute Gasteiger partial charge is 0.352 e. The molecule has 1 fully saturated rings. The summed E-state index contributed by atoms with van der Waals surface area (Å²) >= 11 is 0. The molecule has 0 aromatic heterocycles. The quantitative estimate of drug-likeness (QED) is 0.335. The van der Waals surface area contributed by atoms with E-state index in [-0.39, 0.29) is 30.5 Å². The summed E-state index contributed by atoms with van der Waals surface area (Å²) in [7, 11) is 0. The van der Waals surface area contributed by atoms with Gasteiger partial charge in [-0.25, -0.2) is 4.79 Å². The van der Waals surface area contributed by atoms with Crippen LogP contribution in [0.1, 0.15) is 6.92 Å². The summed E-state index contributed by atoms with van der Waals surface area (Å²) in [5.74, 6) is -0.896. The van der Waals surface area contributed by atoms with Gasteiger partial charge >= 0.3 is 5.97 Å². The maximum atomic E-state index is 11.2. The van der Waals surface area contributed by atoms with Gasteiger partial charge in [-0.2, -0.15) is 5.26 Å². The molecule has 1 aliphatic heterocycles. The number of rotatable bonds is 2. The van der Waals surface area contributed by atoms with Crippen LogP contribution in [0.4, 0.5) is 0 Å². The topological polar surface area (TPSA) is 91.2 Å². The van der Waals surface area contributed by atoms with Gasteiger partial charge in [0.15, 0.2) is 5.57 Å². The zero-order valence-electron chi connectivity index (χ0n) is 7.59. The van der Waals surface area contributed by atoms with Crippen molar-refractivity contribution in [1.82, 2.24) is 10.6 Å². The second-order valence-electron chi connectivity index (χ2n) is 2.48. The molecule has 0 unspecified atom stereocenters. The van der Waals surface area contributed by atoms with E-state index in [0.717, 1.165) is 0 Å². The largest absolute Gasteiger partial charge is 0.462 e. The van der Waals surface area contributed by atoms with E-state index < -0.39 is 5.97 Å². The van der Waals surface area contributed by atoms with Crippen LogP contribution >= 0.6 is 0 Å². The van der Waals surface area contributed by atoms with E-state index in [1.807, 2.05) is 0 Å². The number of carbonyl (C=O) groups excluding carboxylic acids is 2. The molecule has 6 heteroatoms. The minimum Gasteiger partial charge on any atom is -0.462 e. The average Bonchev–Trinajstić information content (AvgIpc) is 2.54. The maximum Gasteiger partial charge on any atom is 0.352 e. The predicted molar refractivity (Wildman–Crippen MR) is 45.4 cm³/mol. The second-order valence-corrected chi connectivity index (χ2v) is 2.48. The van der Waals surface area contributed by atoms with Crippen molar-refractivity contribution in [3.8, 4) is 6.07 Å². The molecule has 1 aliphatic rings. The molecule has 0 aromatic rings. The summed E-state index contributed by atoms with van der Waals surface area (Å²) in [6.07, 6.45) is 0. The SMILES string of the molecule is CCOC(=O)/C(C#N)=C1/NCC(=O)N1. The first-order valence-corrected chi connectivity index (χ1v) is 4.04.